The molecule has 0 radical (unpaired) electrons. The fourth-order valence-electron chi connectivity index (χ4n) is 1.55. The molecule has 0 N–H and O–H groups in total. The number of hydrogen-bond acceptors (Lipinski definition) is 1. The zero-order valence-electron chi connectivity index (χ0n) is 8.24. The van der Waals surface area contributed by atoms with Gasteiger partial charge in [-0.2, -0.15) is 5.26 Å². The highest BCUT2D eigenvalue weighted by Gasteiger charge is 2.12. The minimum absolute atomic E-state index is 0.279. The van der Waals surface area contributed by atoms with Crippen molar-refractivity contribution < 1.29 is 4.39 Å². The summed E-state index contributed by atoms with van der Waals surface area (Å²) in [5, 5.41) is 9.25. The molecule has 16 heavy (non-hydrogen) atoms. The first-order valence-corrected chi connectivity index (χ1v) is 5.05. The predicted octanol–water partition coefficient (Wildman–Crippen LogP) is 4.02. The summed E-state index contributed by atoms with van der Waals surface area (Å²) in [6.07, 6.45) is 0. The van der Waals surface area contributed by atoms with Gasteiger partial charge in [-0.05, 0) is 18.2 Å². The van der Waals surface area contributed by atoms with Crippen LogP contribution in [0.2, 0.25) is 5.02 Å². The molecule has 0 saturated carbocycles. The lowest BCUT2D eigenvalue weighted by molar-refractivity contribution is 0.631. The van der Waals surface area contributed by atoms with E-state index in [1.807, 2.05) is 6.07 Å². The number of hydrogen-bond donors (Lipinski definition) is 0. The summed E-state index contributed by atoms with van der Waals surface area (Å²) in [5.41, 5.74) is 1.21. The number of nitrogens with zero attached hydrogens (tertiary/aromatic N) is 1. The van der Waals surface area contributed by atoms with Gasteiger partial charge in [0.2, 0.25) is 0 Å². The topological polar surface area (TPSA) is 23.8 Å². The fraction of sp³-hybridized carbons (Fsp3) is 0. The highest BCUT2D eigenvalue weighted by Crippen LogP contribution is 2.32. The van der Waals surface area contributed by atoms with Crippen LogP contribution in [0.4, 0.5) is 4.39 Å². The Labute approximate surface area is 97.7 Å². The smallest absolute Gasteiger partial charge is 0.132 e. The van der Waals surface area contributed by atoms with Gasteiger partial charge in [0, 0.05) is 11.1 Å². The Morgan fingerprint density at radius 2 is 1.81 bits per heavy atom. The maximum absolute atomic E-state index is 13.7. The Balaban J connectivity index is 2.73. The quantitative estimate of drug-likeness (QED) is 0.727. The first-order valence-electron chi connectivity index (χ1n) is 4.67. The average Bonchev–Trinajstić information content (AvgIpc) is 2.29. The van der Waals surface area contributed by atoms with Gasteiger partial charge >= 0.3 is 0 Å². The Kier molecular flexibility index (Phi) is 2.89. The van der Waals surface area contributed by atoms with Crippen molar-refractivity contribution in [2.24, 2.45) is 0 Å². The van der Waals surface area contributed by atoms with Crippen LogP contribution in [0.1, 0.15) is 5.56 Å². The molecule has 0 saturated heterocycles. The van der Waals surface area contributed by atoms with Gasteiger partial charge in [0.15, 0.2) is 0 Å². The molecule has 0 unspecified atom stereocenters. The second-order valence-corrected chi connectivity index (χ2v) is 3.66. The van der Waals surface area contributed by atoms with Gasteiger partial charge in [-0.15, -0.1) is 0 Å². The second kappa shape index (κ2) is 4.34. The Hall–Kier alpha value is -1.85. The molecule has 0 atom stereocenters. The van der Waals surface area contributed by atoms with Gasteiger partial charge in [-0.25, -0.2) is 4.39 Å². The third-order valence-corrected chi connectivity index (χ3v) is 2.59. The second-order valence-electron chi connectivity index (χ2n) is 3.25. The molecular formula is C13H7ClFN. The normalized spacial score (nSPS) is 9.81. The van der Waals surface area contributed by atoms with Crippen LogP contribution >= 0.6 is 11.6 Å². The molecule has 1 nitrogen and oxygen atoms in total. The van der Waals surface area contributed by atoms with E-state index >= 15 is 0 Å². The van der Waals surface area contributed by atoms with Crippen molar-refractivity contribution in [1.29, 1.82) is 5.26 Å². The van der Waals surface area contributed by atoms with E-state index < -0.39 is 5.82 Å². The molecule has 0 bridgehead atoms. The Morgan fingerprint density at radius 1 is 1.06 bits per heavy atom. The molecule has 2 aromatic rings. The van der Waals surface area contributed by atoms with Gasteiger partial charge in [-0.1, -0.05) is 35.9 Å². The summed E-state index contributed by atoms with van der Waals surface area (Å²) in [4.78, 5) is 0. The van der Waals surface area contributed by atoms with Crippen LogP contribution in [-0.2, 0) is 0 Å². The van der Waals surface area contributed by atoms with E-state index in [4.69, 9.17) is 16.9 Å². The molecular weight excluding hydrogens is 225 g/mol. The summed E-state index contributed by atoms with van der Waals surface area (Å²) in [6, 6.07) is 13.3. The molecule has 78 valence electrons. The van der Waals surface area contributed by atoms with Crippen LogP contribution in [0.25, 0.3) is 11.1 Å². The standard InChI is InChI=1S/C13H7ClFN/c14-11-6-3-7-12(15)13(11)10-5-2-1-4-9(10)8-16/h1-7H. The number of rotatable bonds is 1. The molecule has 2 rings (SSSR count). The summed E-state index contributed by atoms with van der Waals surface area (Å²) < 4.78 is 13.7. The van der Waals surface area contributed by atoms with Crippen molar-refractivity contribution in [1.82, 2.24) is 0 Å². The van der Waals surface area contributed by atoms with Crippen LogP contribution in [-0.4, -0.2) is 0 Å². The summed E-state index contributed by atoms with van der Waals surface area (Å²) in [6.45, 7) is 0. The maximum Gasteiger partial charge on any atom is 0.132 e. The number of halogens is 2. The van der Waals surface area contributed by atoms with E-state index in [1.165, 1.54) is 12.1 Å². The SMILES string of the molecule is N#Cc1ccccc1-c1c(F)cccc1Cl. The first-order chi connectivity index (χ1) is 7.74. The molecule has 0 spiro atoms. The predicted molar refractivity (Wildman–Crippen MR) is 61.6 cm³/mol. The van der Waals surface area contributed by atoms with Crippen molar-refractivity contribution in [2.45, 2.75) is 0 Å². The molecule has 0 heterocycles. The van der Waals surface area contributed by atoms with Crippen LogP contribution in [0.5, 0.6) is 0 Å². The van der Waals surface area contributed by atoms with Crippen LogP contribution in [0, 0.1) is 17.1 Å². The third kappa shape index (κ3) is 1.78. The molecule has 0 aromatic heterocycles. The summed E-state index contributed by atoms with van der Waals surface area (Å²) in [5.74, 6) is -0.421. The molecule has 0 aliphatic carbocycles. The van der Waals surface area contributed by atoms with Gasteiger partial charge in [0.25, 0.3) is 0 Å². The summed E-state index contributed by atoms with van der Waals surface area (Å²) in [7, 11) is 0. The average molecular weight is 232 g/mol. The lowest BCUT2D eigenvalue weighted by Gasteiger charge is -2.07. The number of benzene rings is 2. The zero-order valence-corrected chi connectivity index (χ0v) is 9.00. The van der Waals surface area contributed by atoms with Gasteiger partial charge in [-0.3, -0.25) is 0 Å². The Bertz CT molecular complexity index is 552. The van der Waals surface area contributed by atoms with Gasteiger partial charge in [0.05, 0.1) is 16.7 Å². The number of nitriles is 1. The minimum atomic E-state index is -0.421. The van der Waals surface area contributed by atoms with Crippen molar-refractivity contribution >= 4 is 11.6 Å². The first kappa shape index (κ1) is 10.7. The molecule has 0 aliphatic rings. The van der Waals surface area contributed by atoms with Crippen LogP contribution in [0.15, 0.2) is 42.5 Å². The van der Waals surface area contributed by atoms with Crippen LogP contribution in [0.3, 0.4) is 0 Å². The monoisotopic (exact) mass is 231 g/mol. The highest BCUT2D eigenvalue weighted by molar-refractivity contribution is 6.33. The maximum atomic E-state index is 13.7. The fourth-order valence-corrected chi connectivity index (χ4v) is 1.82. The van der Waals surface area contributed by atoms with Crippen LogP contribution < -0.4 is 0 Å². The lowest BCUT2D eigenvalue weighted by Crippen LogP contribution is -1.89. The van der Waals surface area contributed by atoms with Gasteiger partial charge in [0.1, 0.15) is 5.82 Å². The molecule has 0 fully saturated rings. The van der Waals surface area contributed by atoms with E-state index in [2.05, 4.69) is 0 Å². The van der Waals surface area contributed by atoms with E-state index in [0.29, 0.717) is 16.1 Å². The van der Waals surface area contributed by atoms with E-state index in [-0.39, 0.29) is 5.56 Å². The van der Waals surface area contributed by atoms with Crippen molar-refractivity contribution in [3.05, 3.63) is 58.9 Å². The zero-order chi connectivity index (χ0) is 11.5. The van der Waals surface area contributed by atoms with E-state index in [0.717, 1.165) is 0 Å². The van der Waals surface area contributed by atoms with Crippen molar-refractivity contribution in [2.75, 3.05) is 0 Å². The highest BCUT2D eigenvalue weighted by atomic mass is 35.5. The molecule has 2 aromatic carbocycles. The minimum Gasteiger partial charge on any atom is -0.206 e. The molecule has 3 heteroatoms. The van der Waals surface area contributed by atoms with Gasteiger partial charge < -0.3 is 0 Å². The molecule has 0 amide bonds. The van der Waals surface area contributed by atoms with E-state index in [1.54, 1.807) is 30.3 Å². The largest absolute Gasteiger partial charge is 0.206 e. The molecule has 0 aliphatic heterocycles. The lowest BCUT2D eigenvalue weighted by atomic mass is 10.00. The summed E-state index contributed by atoms with van der Waals surface area (Å²) >= 11 is 5.94. The van der Waals surface area contributed by atoms with Crippen molar-refractivity contribution in [3.63, 3.8) is 0 Å². The third-order valence-electron chi connectivity index (χ3n) is 2.28. The van der Waals surface area contributed by atoms with Crippen molar-refractivity contribution in [3.8, 4) is 17.2 Å². The van der Waals surface area contributed by atoms with E-state index in [9.17, 15) is 4.39 Å². The Morgan fingerprint density at radius 3 is 2.50 bits per heavy atom.